The zero-order valence-electron chi connectivity index (χ0n) is 40.5. The lowest BCUT2D eigenvalue weighted by Crippen LogP contribution is -2.54. The van der Waals surface area contributed by atoms with E-state index in [9.17, 15) is 28.8 Å². The number of methoxy groups -OCH3 is 2. The SMILES string of the molecule is CCCC(OC=O)OC(=O)[C@@H](CC(=O)[C@H](C)[C@@H](OC)[C@@H]1CCCN1C(=O)C[C@@H](OC)[C@H]([C@@H](C)CC)N(C)C(=O)[C@@H](CC(=O)[C@H](C(C)C)N(C)C(C)C)C(C)C)Cc1ccccc1. The quantitative estimate of drug-likeness (QED) is 0.0459. The normalized spacial score (nSPS) is 18.7. The molecule has 0 bridgehead atoms. The van der Waals surface area contributed by atoms with E-state index in [1.54, 1.807) is 30.9 Å². The number of amides is 2. The summed E-state index contributed by atoms with van der Waals surface area (Å²) >= 11 is 0. The lowest BCUT2D eigenvalue weighted by molar-refractivity contribution is -0.185. The summed E-state index contributed by atoms with van der Waals surface area (Å²) in [6.07, 6.45) is 0.916. The molecule has 13 nitrogen and oxygen atoms in total. The second-order valence-electron chi connectivity index (χ2n) is 18.5. The van der Waals surface area contributed by atoms with E-state index >= 15 is 0 Å². The summed E-state index contributed by atoms with van der Waals surface area (Å²) < 4.78 is 22.7. The molecular formula is C49H81N3O10. The second kappa shape index (κ2) is 26.8. The molecule has 2 rings (SSSR count). The van der Waals surface area contributed by atoms with Crippen molar-refractivity contribution < 1.29 is 47.7 Å². The molecule has 0 aromatic heterocycles. The van der Waals surface area contributed by atoms with E-state index in [0.717, 1.165) is 12.0 Å². The van der Waals surface area contributed by atoms with Gasteiger partial charge in [0.25, 0.3) is 6.47 Å². The fourth-order valence-corrected chi connectivity index (χ4v) is 9.18. The van der Waals surface area contributed by atoms with Crippen LogP contribution in [0.3, 0.4) is 0 Å². The van der Waals surface area contributed by atoms with Crippen LogP contribution >= 0.6 is 0 Å². The highest BCUT2D eigenvalue weighted by Gasteiger charge is 2.44. The average Bonchev–Trinajstić information content (AvgIpc) is 3.72. The Morgan fingerprint density at radius 3 is 2.02 bits per heavy atom. The Labute approximate surface area is 373 Å². The van der Waals surface area contributed by atoms with Crippen LogP contribution in [0.1, 0.15) is 126 Å². The molecule has 0 saturated carbocycles. The van der Waals surface area contributed by atoms with Gasteiger partial charge in [0.15, 0.2) is 5.78 Å². The number of likely N-dealkylation sites (N-methyl/N-ethyl adjacent to an activating group) is 2. The molecule has 1 unspecified atom stereocenters. The van der Waals surface area contributed by atoms with Crippen LogP contribution in [0.5, 0.6) is 0 Å². The topological polar surface area (TPSA) is 149 Å². The van der Waals surface area contributed by atoms with E-state index in [1.807, 2.05) is 78.9 Å². The molecule has 1 fully saturated rings. The van der Waals surface area contributed by atoms with Gasteiger partial charge in [-0.25, -0.2) is 0 Å². The van der Waals surface area contributed by atoms with Gasteiger partial charge in [-0.1, -0.05) is 92.1 Å². The molecule has 1 aliphatic rings. The smallest absolute Gasteiger partial charge is 0.312 e. The molecule has 10 atom stereocenters. The highest BCUT2D eigenvalue weighted by Crippen LogP contribution is 2.32. The van der Waals surface area contributed by atoms with Gasteiger partial charge < -0.3 is 28.7 Å². The van der Waals surface area contributed by atoms with Crippen molar-refractivity contribution in [2.75, 3.05) is 34.9 Å². The molecule has 2 amide bonds. The van der Waals surface area contributed by atoms with Crippen LogP contribution in [0.15, 0.2) is 30.3 Å². The highest BCUT2D eigenvalue weighted by molar-refractivity contribution is 5.90. The van der Waals surface area contributed by atoms with Crippen LogP contribution in [-0.2, 0) is 54.1 Å². The molecule has 352 valence electrons. The maximum absolute atomic E-state index is 14.5. The van der Waals surface area contributed by atoms with Crippen LogP contribution in [0.4, 0.5) is 0 Å². The van der Waals surface area contributed by atoms with E-state index in [0.29, 0.717) is 32.2 Å². The van der Waals surface area contributed by atoms with Gasteiger partial charge in [-0.2, -0.15) is 0 Å². The van der Waals surface area contributed by atoms with Crippen molar-refractivity contribution in [1.82, 2.24) is 14.7 Å². The Morgan fingerprint density at radius 2 is 1.50 bits per heavy atom. The molecule has 13 heteroatoms. The van der Waals surface area contributed by atoms with Gasteiger partial charge in [0.1, 0.15) is 5.78 Å². The number of Topliss-reactive ketones (excluding diaryl/α,β-unsaturated/α-hetero) is 2. The van der Waals surface area contributed by atoms with E-state index in [-0.39, 0.29) is 85.4 Å². The minimum absolute atomic E-state index is 0.00501. The van der Waals surface area contributed by atoms with E-state index in [1.165, 1.54) is 7.11 Å². The first kappa shape index (κ1) is 54.5. The molecule has 1 heterocycles. The lowest BCUT2D eigenvalue weighted by atomic mass is 9.83. The number of hydrogen-bond donors (Lipinski definition) is 0. The number of ketones is 2. The number of carbonyl (C=O) groups excluding carboxylic acids is 6. The van der Waals surface area contributed by atoms with Gasteiger partial charge in [-0.05, 0) is 69.9 Å². The minimum Gasteiger partial charge on any atom is -0.427 e. The second-order valence-corrected chi connectivity index (χ2v) is 18.5. The maximum atomic E-state index is 14.5. The van der Waals surface area contributed by atoms with Crippen molar-refractivity contribution in [1.29, 1.82) is 0 Å². The monoisotopic (exact) mass is 872 g/mol. The van der Waals surface area contributed by atoms with Gasteiger partial charge in [0, 0.05) is 65.0 Å². The zero-order chi connectivity index (χ0) is 46.8. The number of carbonyl (C=O) groups is 6. The minimum atomic E-state index is -1.05. The van der Waals surface area contributed by atoms with Crippen LogP contribution in [-0.4, -0.2) is 128 Å². The van der Waals surface area contributed by atoms with Crippen LogP contribution < -0.4 is 0 Å². The number of ether oxygens (including phenoxy) is 4. The Bertz CT molecular complexity index is 1550. The summed E-state index contributed by atoms with van der Waals surface area (Å²) in [5.74, 6) is -3.20. The first-order valence-electron chi connectivity index (χ1n) is 23.0. The van der Waals surface area contributed by atoms with Crippen LogP contribution in [0.25, 0.3) is 0 Å². The summed E-state index contributed by atoms with van der Waals surface area (Å²) in [5.41, 5.74) is 0.854. The van der Waals surface area contributed by atoms with Gasteiger partial charge in [0.05, 0.1) is 42.7 Å². The Morgan fingerprint density at radius 1 is 0.855 bits per heavy atom. The summed E-state index contributed by atoms with van der Waals surface area (Å²) in [4.78, 5) is 87.2. The maximum Gasteiger partial charge on any atom is 0.312 e. The summed E-state index contributed by atoms with van der Waals surface area (Å²) in [6.45, 7) is 20.6. The molecule has 0 spiro atoms. The van der Waals surface area contributed by atoms with Gasteiger partial charge in [0.2, 0.25) is 18.1 Å². The molecule has 0 radical (unpaired) electrons. The van der Waals surface area contributed by atoms with Crippen molar-refractivity contribution in [2.45, 2.75) is 170 Å². The third kappa shape index (κ3) is 15.2. The van der Waals surface area contributed by atoms with Crippen molar-refractivity contribution >= 4 is 35.8 Å². The summed E-state index contributed by atoms with van der Waals surface area (Å²) in [6, 6.07) is 8.35. The molecule has 1 aromatic carbocycles. The molecule has 62 heavy (non-hydrogen) atoms. The van der Waals surface area contributed by atoms with Gasteiger partial charge >= 0.3 is 5.97 Å². The number of nitrogens with zero attached hydrogens (tertiary/aromatic N) is 3. The number of likely N-dealkylation sites (tertiary alicyclic amines) is 1. The summed E-state index contributed by atoms with van der Waals surface area (Å²) in [7, 11) is 6.83. The van der Waals surface area contributed by atoms with Crippen molar-refractivity contribution in [2.24, 2.45) is 35.5 Å². The predicted octanol–water partition coefficient (Wildman–Crippen LogP) is 7.16. The fourth-order valence-electron chi connectivity index (χ4n) is 9.18. The summed E-state index contributed by atoms with van der Waals surface area (Å²) in [5, 5.41) is 0. The van der Waals surface area contributed by atoms with Gasteiger partial charge in [-0.15, -0.1) is 0 Å². The largest absolute Gasteiger partial charge is 0.427 e. The lowest BCUT2D eigenvalue weighted by Gasteiger charge is -2.41. The van der Waals surface area contributed by atoms with Crippen molar-refractivity contribution in [3.8, 4) is 0 Å². The standard InChI is InChI=1S/C49H81N3O10/c1-15-21-44(61-30-53)62-49(58)37(26-36-22-18-17-19-23-36)27-40(54)35(10)47(60-14)39-24-20-25-52(39)43(56)29-42(59-13)46(34(9)16-2)51(12)48(57)38(31(3)4)28-41(55)45(32(5)6)50(11)33(7)8/h17-19,22-23,30-35,37-39,42,44-47H,15-16,20-21,24-29H2,1-14H3/t34-,35-,37+,38-,39-,42+,44?,45-,46-,47+/m0/s1. The molecular weight excluding hydrogens is 791 g/mol. The number of hydrogen-bond acceptors (Lipinski definition) is 11. The molecule has 0 N–H and O–H groups in total. The highest BCUT2D eigenvalue weighted by atomic mass is 16.7. The Kier molecular flexibility index (Phi) is 23.6. The fraction of sp³-hybridized carbons (Fsp3) is 0.755. The van der Waals surface area contributed by atoms with Crippen LogP contribution in [0.2, 0.25) is 0 Å². The molecule has 1 aromatic rings. The van der Waals surface area contributed by atoms with Crippen LogP contribution in [0, 0.1) is 35.5 Å². The molecule has 1 saturated heterocycles. The number of rotatable bonds is 29. The third-order valence-corrected chi connectivity index (χ3v) is 13.2. The van der Waals surface area contributed by atoms with E-state index in [2.05, 4.69) is 25.7 Å². The zero-order valence-corrected chi connectivity index (χ0v) is 40.5. The van der Waals surface area contributed by atoms with E-state index < -0.39 is 54.3 Å². The average molecular weight is 872 g/mol. The predicted molar refractivity (Wildman–Crippen MR) is 241 cm³/mol. The molecule has 1 aliphatic heterocycles. The first-order valence-corrected chi connectivity index (χ1v) is 23.0. The number of esters is 1. The van der Waals surface area contributed by atoms with Crippen molar-refractivity contribution in [3.05, 3.63) is 35.9 Å². The van der Waals surface area contributed by atoms with Crippen molar-refractivity contribution in [3.63, 3.8) is 0 Å². The third-order valence-electron chi connectivity index (χ3n) is 13.2. The number of benzene rings is 1. The first-order chi connectivity index (χ1) is 29.3. The Hall–Kier alpha value is -3.68. The molecule has 0 aliphatic carbocycles. The Balaban J connectivity index is 2.34. The van der Waals surface area contributed by atoms with Gasteiger partial charge in [-0.3, -0.25) is 33.7 Å². The van der Waals surface area contributed by atoms with E-state index in [4.69, 9.17) is 18.9 Å².